The number of carboxylic acid groups (broad SMARTS) is 1. The molecule has 0 aliphatic heterocycles. The Morgan fingerprint density at radius 2 is 1.88 bits per heavy atom. The molecule has 0 unspecified atom stereocenters. The second-order valence-corrected chi connectivity index (χ2v) is 6.48. The van der Waals surface area contributed by atoms with Crippen LogP contribution in [0.3, 0.4) is 0 Å². The molecule has 0 atom stereocenters. The summed E-state index contributed by atoms with van der Waals surface area (Å²) in [6, 6.07) is 13.9. The molecule has 0 spiro atoms. The van der Waals surface area contributed by atoms with E-state index in [1.54, 1.807) is 0 Å². The summed E-state index contributed by atoms with van der Waals surface area (Å²) >= 11 is 0. The minimum Gasteiger partial charge on any atom is -0.481 e. The molecule has 1 aliphatic carbocycles. The number of aryl methyl sites for hydroxylation is 1. The van der Waals surface area contributed by atoms with E-state index in [9.17, 15) is 9.90 Å². The molecular weight excluding hydrogens is 302 g/mol. The molecule has 24 heavy (non-hydrogen) atoms. The Morgan fingerprint density at radius 1 is 1.17 bits per heavy atom. The Kier molecular flexibility index (Phi) is 3.30. The summed E-state index contributed by atoms with van der Waals surface area (Å²) in [6.07, 6.45) is 4.29. The van der Waals surface area contributed by atoms with E-state index in [1.165, 1.54) is 0 Å². The van der Waals surface area contributed by atoms with Crippen molar-refractivity contribution in [2.24, 2.45) is 7.05 Å². The van der Waals surface area contributed by atoms with E-state index in [0.29, 0.717) is 0 Å². The van der Waals surface area contributed by atoms with Crippen molar-refractivity contribution in [1.29, 1.82) is 0 Å². The number of rotatable bonds is 4. The highest BCUT2D eigenvalue weighted by molar-refractivity contribution is 5.84. The first kappa shape index (κ1) is 14.8. The van der Waals surface area contributed by atoms with Gasteiger partial charge in [0.25, 0.3) is 0 Å². The molecule has 1 aromatic heterocycles. The second-order valence-electron chi connectivity index (χ2n) is 6.48. The number of benzene rings is 2. The van der Waals surface area contributed by atoms with Gasteiger partial charge in [0.05, 0.1) is 17.1 Å². The second kappa shape index (κ2) is 5.37. The number of nitrogens with one attached hydrogen (secondary N) is 1. The number of nitrogens with zero attached hydrogens (tertiary/aromatic N) is 2. The zero-order chi connectivity index (χ0) is 16.7. The molecule has 0 saturated heterocycles. The van der Waals surface area contributed by atoms with E-state index in [1.807, 2.05) is 54.3 Å². The Bertz CT molecular complexity index is 908. The molecule has 0 bridgehead atoms. The van der Waals surface area contributed by atoms with Crippen molar-refractivity contribution in [3.63, 3.8) is 0 Å². The molecule has 1 fully saturated rings. The number of fused-ring (bicyclic) bond motifs is 1. The Balaban J connectivity index is 1.58. The van der Waals surface area contributed by atoms with Crippen molar-refractivity contribution in [3.05, 3.63) is 54.2 Å². The fraction of sp³-hybridized carbons (Fsp3) is 0.263. The minimum atomic E-state index is -0.712. The summed E-state index contributed by atoms with van der Waals surface area (Å²) in [5.41, 5.74) is 3.21. The van der Waals surface area contributed by atoms with E-state index in [-0.39, 0.29) is 0 Å². The number of aromatic nitrogens is 2. The van der Waals surface area contributed by atoms with Gasteiger partial charge in [-0.15, -0.1) is 0 Å². The molecule has 2 N–H and O–H groups in total. The Hall–Kier alpha value is -2.82. The molecule has 1 heterocycles. The smallest absolute Gasteiger partial charge is 0.314 e. The lowest BCUT2D eigenvalue weighted by Crippen LogP contribution is -2.42. The number of hydrogen-bond acceptors (Lipinski definition) is 3. The predicted octanol–water partition coefficient (Wildman–Crippen LogP) is 3.82. The lowest BCUT2D eigenvalue weighted by Gasteiger charge is -2.38. The zero-order valence-electron chi connectivity index (χ0n) is 13.5. The van der Waals surface area contributed by atoms with Gasteiger partial charge in [0.15, 0.2) is 0 Å². The number of carbonyl (C=O) groups is 1. The molecule has 0 radical (unpaired) electrons. The van der Waals surface area contributed by atoms with Gasteiger partial charge >= 0.3 is 5.97 Å². The van der Waals surface area contributed by atoms with Crippen LogP contribution in [0.5, 0.6) is 0 Å². The summed E-state index contributed by atoms with van der Waals surface area (Å²) in [4.78, 5) is 11.6. The molecule has 122 valence electrons. The summed E-state index contributed by atoms with van der Waals surface area (Å²) in [5, 5.41) is 18.2. The number of anilines is 2. The number of hydrogen-bond donors (Lipinski definition) is 2. The van der Waals surface area contributed by atoms with Crippen LogP contribution in [0.25, 0.3) is 10.9 Å². The van der Waals surface area contributed by atoms with Crippen LogP contribution < -0.4 is 5.32 Å². The fourth-order valence-corrected chi connectivity index (χ4v) is 3.42. The quantitative estimate of drug-likeness (QED) is 0.766. The van der Waals surface area contributed by atoms with E-state index >= 15 is 0 Å². The van der Waals surface area contributed by atoms with Crippen molar-refractivity contribution in [2.45, 2.75) is 24.7 Å². The molecule has 5 nitrogen and oxygen atoms in total. The van der Waals surface area contributed by atoms with Crippen LogP contribution >= 0.6 is 0 Å². The van der Waals surface area contributed by atoms with Gasteiger partial charge in [-0.1, -0.05) is 18.6 Å². The number of aliphatic carboxylic acids is 1. The topological polar surface area (TPSA) is 67.2 Å². The highest BCUT2D eigenvalue weighted by Crippen LogP contribution is 2.44. The molecule has 2 aromatic carbocycles. The van der Waals surface area contributed by atoms with Crippen molar-refractivity contribution in [1.82, 2.24) is 9.78 Å². The minimum absolute atomic E-state index is 0.674. The summed E-state index contributed by atoms with van der Waals surface area (Å²) < 4.78 is 1.84. The molecule has 1 saturated carbocycles. The van der Waals surface area contributed by atoms with Gasteiger partial charge in [-0.25, -0.2) is 0 Å². The molecule has 1 aliphatic rings. The SMILES string of the molecule is Cn1ncc2ccc(Nc3ccc(C4(C(=O)O)CCC4)cc3)cc21. The van der Waals surface area contributed by atoms with E-state index in [2.05, 4.69) is 16.5 Å². The van der Waals surface area contributed by atoms with Crippen LogP contribution in [0.1, 0.15) is 24.8 Å². The Morgan fingerprint density at radius 3 is 2.50 bits per heavy atom. The molecule has 4 rings (SSSR count). The van der Waals surface area contributed by atoms with Gasteiger partial charge in [0.1, 0.15) is 0 Å². The van der Waals surface area contributed by atoms with Crippen LogP contribution in [0.15, 0.2) is 48.7 Å². The van der Waals surface area contributed by atoms with Crippen molar-refractivity contribution in [3.8, 4) is 0 Å². The summed E-state index contributed by atoms with van der Waals surface area (Å²) in [6.45, 7) is 0. The van der Waals surface area contributed by atoms with Gasteiger partial charge in [0.2, 0.25) is 0 Å². The van der Waals surface area contributed by atoms with Crippen molar-refractivity contribution in [2.75, 3.05) is 5.32 Å². The lowest BCUT2D eigenvalue weighted by molar-refractivity contribution is -0.147. The summed E-state index contributed by atoms with van der Waals surface area (Å²) in [7, 11) is 1.92. The summed E-state index contributed by atoms with van der Waals surface area (Å²) in [5.74, 6) is -0.712. The van der Waals surface area contributed by atoms with E-state index in [4.69, 9.17) is 0 Å². The maximum Gasteiger partial charge on any atom is 0.314 e. The fourth-order valence-electron chi connectivity index (χ4n) is 3.42. The maximum atomic E-state index is 11.6. The predicted molar refractivity (Wildman–Crippen MR) is 93.6 cm³/mol. The van der Waals surface area contributed by atoms with E-state index in [0.717, 1.165) is 47.1 Å². The van der Waals surface area contributed by atoms with Crippen LogP contribution in [0.4, 0.5) is 11.4 Å². The van der Waals surface area contributed by atoms with Crippen LogP contribution in [-0.2, 0) is 17.3 Å². The lowest BCUT2D eigenvalue weighted by atomic mass is 9.64. The molecular formula is C19H19N3O2. The normalized spacial score (nSPS) is 15.9. The van der Waals surface area contributed by atoms with Gasteiger partial charge in [0, 0.05) is 23.8 Å². The highest BCUT2D eigenvalue weighted by Gasteiger charge is 2.45. The van der Waals surface area contributed by atoms with Crippen LogP contribution in [0, 0.1) is 0 Å². The van der Waals surface area contributed by atoms with Crippen molar-refractivity contribution >= 4 is 28.2 Å². The average Bonchev–Trinajstić information content (AvgIpc) is 2.89. The standard InChI is InChI=1S/C19H19N3O2/c1-22-17-11-16(6-3-13(17)12-20-22)21-15-7-4-14(5-8-15)19(18(23)24)9-2-10-19/h3-8,11-12,21H,2,9-10H2,1H3,(H,23,24). The maximum absolute atomic E-state index is 11.6. The van der Waals surface area contributed by atoms with Crippen LogP contribution in [-0.4, -0.2) is 20.9 Å². The van der Waals surface area contributed by atoms with Crippen LogP contribution in [0.2, 0.25) is 0 Å². The third-order valence-electron chi connectivity index (χ3n) is 5.09. The van der Waals surface area contributed by atoms with Gasteiger partial charge in [-0.2, -0.15) is 5.10 Å². The monoisotopic (exact) mass is 321 g/mol. The van der Waals surface area contributed by atoms with Gasteiger partial charge in [-0.3, -0.25) is 9.48 Å². The van der Waals surface area contributed by atoms with Gasteiger partial charge < -0.3 is 10.4 Å². The highest BCUT2D eigenvalue weighted by atomic mass is 16.4. The molecule has 0 amide bonds. The molecule has 3 aromatic rings. The number of carboxylic acids is 1. The Labute approximate surface area is 139 Å². The first-order chi connectivity index (χ1) is 11.6. The zero-order valence-corrected chi connectivity index (χ0v) is 13.5. The third kappa shape index (κ3) is 2.24. The van der Waals surface area contributed by atoms with Crippen molar-refractivity contribution < 1.29 is 9.90 Å². The molecule has 5 heteroatoms. The average molecular weight is 321 g/mol. The first-order valence-corrected chi connectivity index (χ1v) is 8.11. The largest absolute Gasteiger partial charge is 0.481 e. The van der Waals surface area contributed by atoms with Gasteiger partial charge in [-0.05, 0) is 48.7 Å². The first-order valence-electron chi connectivity index (χ1n) is 8.11. The third-order valence-corrected chi connectivity index (χ3v) is 5.09. The van der Waals surface area contributed by atoms with E-state index < -0.39 is 11.4 Å².